The van der Waals surface area contributed by atoms with Crippen LogP contribution in [0.25, 0.3) is 0 Å². The third-order valence-electron chi connectivity index (χ3n) is 5.29. The molecule has 1 fully saturated rings. The Morgan fingerprint density at radius 1 is 1.32 bits per heavy atom. The molecule has 0 saturated heterocycles. The molecule has 1 amide bonds. The number of aliphatic hydroxyl groups excluding tert-OH is 1. The second-order valence-electron chi connectivity index (χ2n) is 7.19. The number of hydrogen-bond donors (Lipinski definition) is 2. The maximum atomic E-state index is 12.4. The fourth-order valence-electron chi connectivity index (χ4n) is 4.05. The summed E-state index contributed by atoms with van der Waals surface area (Å²) in [6, 6.07) is -0.194. The number of rotatable bonds is 5. The molecular weight excluding hydrogens is 320 g/mol. The molecule has 134 valence electrons. The molecule has 3 atom stereocenters. The van der Waals surface area contributed by atoms with Gasteiger partial charge < -0.3 is 15.0 Å². The van der Waals surface area contributed by atoms with Crippen LogP contribution in [0.3, 0.4) is 0 Å². The smallest absolute Gasteiger partial charge is 0.242 e. The summed E-state index contributed by atoms with van der Waals surface area (Å²) in [4.78, 5) is 16.4. The van der Waals surface area contributed by atoms with Crippen molar-refractivity contribution in [3.63, 3.8) is 0 Å². The molecule has 2 heterocycles. The first-order valence-corrected chi connectivity index (χ1v) is 9.03. The molecule has 0 spiro atoms. The number of amides is 1. The molecule has 0 radical (unpaired) electrons. The summed E-state index contributed by atoms with van der Waals surface area (Å²) in [5.74, 6) is 0.235. The van der Waals surface area contributed by atoms with E-state index in [1.165, 1.54) is 0 Å². The molecule has 4 rings (SSSR count). The van der Waals surface area contributed by atoms with Crippen LogP contribution < -0.4 is 5.32 Å². The van der Waals surface area contributed by atoms with Crippen LogP contribution in [0.15, 0.2) is 18.7 Å². The fraction of sp³-hybridized carbons (Fsp3) is 0.647. The highest BCUT2D eigenvalue weighted by Crippen LogP contribution is 2.27. The second-order valence-corrected chi connectivity index (χ2v) is 7.19. The Kier molecular flexibility index (Phi) is 4.52. The molecule has 2 N–H and O–H groups in total. The quantitative estimate of drug-likeness (QED) is 0.813. The van der Waals surface area contributed by atoms with Crippen molar-refractivity contribution in [3.05, 3.63) is 30.1 Å². The van der Waals surface area contributed by atoms with Gasteiger partial charge in [-0.2, -0.15) is 0 Å². The Hall–Kier alpha value is -2.22. The lowest BCUT2D eigenvalue weighted by Gasteiger charge is -2.17. The van der Waals surface area contributed by atoms with Gasteiger partial charge in [-0.15, -0.1) is 5.10 Å². The number of aryl methyl sites for hydroxylation is 1. The third-order valence-corrected chi connectivity index (χ3v) is 5.29. The zero-order valence-electron chi connectivity index (χ0n) is 14.2. The van der Waals surface area contributed by atoms with Gasteiger partial charge in [-0.25, -0.2) is 9.67 Å². The van der Waals surface area contributed by atoms with Gasteiger partial charge in [-0.05, 0) is 44.4 Å². The van der Waals surface area contributed by atoms with Crippen molar-refractivity contribution >= 4 is 5.91 Å². The van der Waals surface area contributed by atoms with Crippen LogP contribution in [0, 0.1) is 5.92 Å². The lowest BCUT2D eigenvalue weighted by molar-refractivity contribution is -0.123. The summed E-state index contributed by atoms with van der Waals surface area (Å²) < 4.78 is 3.73. The van der Waals surface area contributed by atoms with Crippen LogP contribution in [0.5, 0.6) is 0 Å². The van der Waals surface area contributed by atoms with Gasteiger partial charge in [-0.1, -0.05) is 5.21 Å². The molecule has 0 aliphatic heterocycles. The van der Waals surface area contributed by atoms with Gasteiger partial charge in [0.15, 0.2) is 0 Å². The minimum Gasteiger partial charge on any atom is -0.391 e. The SMILES string of the molecule is O=C(Cn1nnc2c1CCCC2)N[C@@H]1CC(Cn2ccnc2)C[C@H]1O. The third kappa shape index (κ3) is 3.58. The summed E-state index contributed by atoms with van der Waals surface area (Å²) in [6.07, 6.45) is 10.6. The number of aliphatic hydroxyl groups is 1. The summed E-state index contributed by atoms with van der Waals surface area (Å²) in [5.41, 5.74) is 2.12. The Morgan fingerprint density at radius 3 is 3.04 bits per heavy atom. The van der Waals surface area contributed by atoms with Crippen molar-refractivity contribution in [2.24, 2.45) is 5.92 Å². The molecule has 2 aromatic heterocycles. The van der Waals surface area contributed by atoms with E-state index in [0.717, 1.165) is 50.0 Å². The Balaban J connectivity index is 1.32. The topological polar surface area (TPSA) is 97.9 Å². The van der Waals surface area contributed by atoms with E-state index >= 15 is 0 Å². The number of carbonyl (C=O) groups is 1. The first-order valence-electron chi connectivity index (χ1n) is 9.03. The highest BCUT2D eigenvalue weighted by atomic mass is 16.3. The van der Waals surface area contributed by atoms with E-state index in [0.29, 0.717) is 12.3 Å². The van der Waals surface area contributed by atoms with E-state index in [9.17, 15) is 9.90 Å². The second kappa shape index (κ2) is 6.95. The summed E-state index contributed by atoms with van der Waals surface area (Å²) in [6.45, 7) is 0.998. The largest absolute Gasteiger partial charge is 0.391 e. The van der Waals surface area contributed by atoms with Crippen LogP contribution in [0.1, 0.15) is 37.1 Å². The Morgan fingerprint density at radius 2 is 2.20 bits per heavy atom. The summed E-state index contributed by atoms with van der Waals surface area (Å²) >= 11 is 0. The highest BCUT2D eigenvalue weighted by Gasteiger charge is 2.34. The van der Waals surface area contributed by atoms with Crippen molar-refractivity contribution in [2.75, 3.05) is 0 Å². The lowest BCUT2D eigenvalue weighted by atomic mass is 10.0. The van der Waals surface area contributed by atoms with E-state index in [1.807, 2.05) is 10.8 Å². The van der Waals surface area contributed by atoms with Crippen molar-refractivity contribution in [1.29, 1.82) is 0 Å². The Bertz CT molecular complexity index is 726. The molecule has 8 heteroatoms. The molecule has 1 unspecified atom stereocenters. The molecule has 2 aromatic rings. The van der Waals surface area contributed by atoms with Crippen molar-refractivity contribution in [1.82, 2.24) is 29.9 Å². The number of hydrogen-bond acceptors (Lipinski definition) is 5. The zero-order valence-corrected chi connectivity index (χ0v) is 14.2. The van der Waals surface area contributed by atoms with E-state index < -0.39 is 6.10 Å². The number of fused-ring (bicyclic) bond motifs is 1. The molecule has 0 bridgehead atoms. The van der Waals surface area contributed by atoms with Gasteiger partial charge in [0.05, 0.1) is 29.9 Å². The molecule has 1 saturated carbocycles. The van der Waals surface area contributed by atoms with Gasteiger partial charge in [0.25, 0.3) is 0 Å². The Labute approximate surface area is 146 Å². The summed E-state index contributed by atoms with van der Waals surface area (Å²) in [5, 5.41) is 21.6. The molecule has 2 aliphatic rings. The average Bonchev–Trinajstić information content (AvgIpc) is 3.31. The van der Waals surface area contributed by atoms with Gasteiger partial charge in [-0.3, -0.25) is 4.79 Å². The van der Waals surface area contributed by atoms with Crippen LogP contribution in [0.2, 0.25) is 0 Å². The first kappa shape index (κ1) is 16.3. The molecule has 2 aliphatic carbocycles. The van der Waals surface area contributed by atoms with Crippen molar-refractivity contribution in [3.8, 4) is 0 Å². The minimum atomic E-state index is -0.498. The monoisotopic (exact) mass is 344 g/mol. The van der Waals surface area contributed by atoms with E-state index in [2.05, 4.69) is 20.6 Å². The standard InChI is InChI=1S/C17H24N6O2/c24-16-8-12(9-22-6-5-18-11-22)7-14(16)19-17(25)10-23-15-4-2-1-3-13(15)20-21-23/h5-6,11-12,14,16,24H,1-4,7-10H2,(H,19,25)/t12?,14-,16-/m1/s1. The number of carbonyl (C=O) groups excluding carboxylic acids is 1. The van der Waals surface area contributed by atoms with Crippen molar-refractivity contribution in [2.45, 2.75) is 63.8 Å². The maximum absolute atomic E-state index is 12.4. The van der Waals surface area contributed by atoms with Gasteiger partial charge in [0, 0.05) is 18.9 Å². The highest BCUT2D eigenvalue weighted by molar-refractivity contribution is 5.76. The van der Waals surface area contributed by atoms with E-state index in [-0.39, 0.29) is 18.5 Å². The minimum absolute atomic E-state index is 0.106. The predicted molar refractivity (Wildman–Crippen MR) is 89.6 cm³/mol. The molecule has 0 aromatic carbocycles. The van der Waals surface area contributed by atoms with Crippen molar-refractivity contribution < 1.29 is 9.90 Å². The average molecular weight is 344 g/mol. The van der Waals surface area contributed by atoms with Crippen LogP contribution in [-0.2, 0) is 30.7 Å². The number of nitrogens with one attached hydrogen (secondary N) is 1. The van der Waals surface area contributed by atoms with Gasteiger partial charge in [0.2, 0.25) is 5.91 Å². The zero-order chi connectivity index (χ0) is 17.2. The lowest BCUT2D eigenvalue weighted by Crippen LogP contribution is -2.41. The first-order chi connectivity index (χ1) is 12.2. The van der Waals surface area contributed by atoms with Gasteiger partial charge >= 0.3 is 0 Å². The van der Waals surface area contributed by atoms with Crippen LogP contribution in [-0.4, -0.2) is 47.7 Å². The summed E-state index contributed by atoms with van der Waals surface area (Å²) in [7, 11) is 0. The molecule has 8 nitrogen and oxygen atoms in total. The maximum Gasteiger partial charge on any atom is 0.242 e. The predicted octanol–water partition coefficient (Wildman–Crippen LogP) is 0.309. The molecular formula is C17H24N6O2. The van der Waals surface area contributed by atoms with Crippen LogP contribution in [0.4, 0.5) is 0 Å². The molecule has 25 heavy (non-hydrogen) atoms. The number of nitrogens with zero attached hydrogens (tertiary/aromatic N) is 5. The number of aromatic nitrogens is 5. The normalized spacial score (nSPS) is 25.7. The fourth-order valence-corrected chi connectivity index (χ4v) is 4.05. The van der Waals surface area contributed by atoms with Gasteiger partial charge in [0.1, 0.15) is 6.54 Å². The van der Waals surface area contributed by atoms with E-state index in [4.69, 9.17) is 0 Å². The van der Waals surface area contributed by atoms with E-state index in [1.54, 1.807) is 17.2 Å². The van der Waals surface area contributed by atoms with Crippen LogP contribution >= 0.6 is 0 Å². The number of imidazole rings is 1.